The molecule has 0 aromatic carbocycles. The van der Waals surface area contributed by atoms with Crippen molar-refractivity contribution in [3.05, 3.63) is 0 Å². The maximum absolute atomic E-state index is 3.89. The van der Waals surface area contributed by atoms with Crippen molar-refractivity contribution in [3.63, 3.8) is 0 Å². The third kappa shape index (κ3) is 3.39. The molecule has 2 rings (SSSR count). The van der Waals surface area contributed by atoms with Crippen LogP contribution in [0.4, 0.5) is 0 Å². The first-order chi connectivity index (χ1) is 9.39. The fourth-order valence-electron chi connectivity index (χ4n) is 4.07. The Morgan fingerprint density at radius 2 is 1.70 bits per heavy atom. The summed E-state index contributed by atoms with van der Waals surface area (Å²) in [5.74, 6) is 0.942. The van der Waals surface area contributed by atoms with E-state index in [0.29, 0.717) is 11.0 Å². The van der Waals surface area contributed by atoms with Gasteiger partial charge in [0.05, 0.1) is 0 Å². The highest BCUT2D eigenvalue weighted by Gasteiger charge is 2.39. The Morgan fingerprint density at radius 1 is 1.10 bits per heavy atom. The zero-order valence-electron chi connectivity index (χ0n) is 14.5. The summed E-state index contributed by atoms with van der Waals surface area (Å²) in [4.78, 5) is 2.45. The average molecular weight is 280 g/mol. The lowest BCUT2D eigenvalue weighted by Crippen LogP contribution is -2.58. The topological polar surface area (TPSA) is 15.3 Å². The Morgan fingerprint density at radius 3 is 2.10 bits per heavy atom. The number of hydrogen-bond acceptors (Lipinski definition) is 2. The highest BCUT2D eigenvalue weighted by Crippen LogP contribution is 2.41. The fraction of sp³-hybridized carbons (Fsp3) is 1.00. The van der Waals surface area contributed by atoms with Crippen LogP contribution in [-0.4, -0.2) is 37.1 Å². The zero-order chi connectivity index (χ0) is 14.8. The van der Waals surface area contributed by atoms with Crippen molar-refractivity contribution >= 4 is 0 Å². The van der Waals surface area contributed by atoms with Gasteiger partial charge in [0.2, 0.25) is 0 Å². The molecule has 2 heteroatoms. The van der Waals surface area contributed by atoms with Crippen LogP contribution in [0.15, 0.2) is 0 Å². The molecule has 2 aliphatic carbocycles. The summed E-state index contributed by atoms with van der Waals surface area (Å²) >= 11 is 0. The highest BCUT2D eigenvalue weighted by atomic mass is 15.2. The van der Waals surface area contributed by atoms with Crippen LogP contribution in [0.2, 0.25) is 0 Å². The molecule has 2 nitrogen and oxygen atoms in total. The normalized spacial score (nSPS) is 30.3. The van der Waals surface area contributed by atoms with Crippen molar-refractivity contribution < 1.29 is 0 Å². The molecule has 0 amide bonds. The van der Waals surface area contributed by atoms with Crippen molar-refractivity contribution in [2.24, 2.45) is 11.3 Å². The summed E-state index contributed by atoms with van der Waals surface area (Å²) in [5, 5.41) is 3.89. The Bertz CT molecular complexity index is 297. The van der Waals surface area contributed by atoms with E-state index in [0.717, 1.165) is 12.0 Å². The number of nitrogens with one attached hydrogen (secondary N) is 1. The van der Waals surface area contributed by atoms with Crippen LogP contribution in [0.1, 0.15) is 72.1 Å². The van der Waals surface area contributed by atoms with Gasteiger partial charge in [-0.3, -0.25) is 0 Å². The van der Waals surface area contributed by atoms with Crippen molar-refractivity contribution in [1.29, 1.82) is 0 Å². The van der Waals surface area contributed by atoms with E-state index in [1.54, 1.807) is 0 Å². The van der Waals surface area contributed by atoms with Crippen LogP contribution in [0.25, 0.3) is 0 Å². The van der Waals surface area contributed by atoms with Gasteiger partial charge in [-0.25, -0.2) is 0 Å². The molecule has 118 valence electrons. The van der Waals surface area contributed by atoms with E-state index in [-0.39, 0.29) is 0 Å². The molecule has 0 aromatic rings. The Labute approximate surface area is 126 Å². The lowest BCUT2D eigenvalue weighted by Gasteiger charge is -2.48. The van der Waals surface area contributed by atoms with Gasteiger partial charge >= 0.3 is 0 Å². The quantitative estimate of drug-likeness (QED) is 0.789. The molecule has 20 heavy (non-hydrogen) atoms. The second-order valence-electron chi connectivity index (χ2n) is 8.24. The minimum Gasteiger partial charge on any atom is -0.312 e. The van der Waals surface area contributed by atoms with Crippen LogP contribution in [0, 0.1) is 11.3 Å². The second-order valence-corrected chi connectivity index (χ2v) is 8.24. The molecular weight excluding hydrogens is 244 g/mol. The summed E-state index contributed by atoms with van der Waals surface area (Å²) in [6, 6.07) is 0.774. The first-order valence-electron chi connectivity index (χ1n) is 8.80. The predicted molar refractivity (Wildman–Crippen MR) is 88.1 cm³/mol. The third-order valence-corrected chi connectivity index (χ3v) is 6.70. The Kier molecular flexibility index (Phi) is 5.18. The molecule has 0 radical (unpaired) electrons. The molecular formula is C18H36N2. The molecule has 2 fully saturated rings. The molecule has 0 aromatic heterocycles. The van der Waals surface area contributed by atoms with Gasteiger partial charge in [0.25, 0.3) is 0 Å². The van der Waals surface area contributed by atoms with Gasteiger partial charge in [0.15, 0.2) is 0 Å². The van der Waals surface area contributed by atoms with E-state index in [2.05, 4.69) is 45.1 Å². The van der Waals surface area contributed by atoms with Gasteiger partial charge in [-0.15, -0.1) is 0 Å². The van der Waals surface area contributed by atoms with Gasteiger partial charge in [0, 0.05) is 18.1 Å². The lowest BCUT2D eigenvalue weighted by atomic mass is 9.68. The van der Waals surface area contributed by atoms with Crippen LogP contribution in [-0.2, 0) is 0 Å². The summed E-state index contributed by atoms with van der Waals surface area (Å²) in [6.45, 7) is 8.47. The highest BCUT2D eigenvalue weighted by molar-refractivity contribution is 4.98. The molecule has 0 heterocycles. The molecule has 0 unspecified atom stereocenters. The van der Waals surface area contributed by atoms with E-state index in [1.807, 2.05) is 0 Å². The van der Waals surface area contributed by atoms with E-state index < -0.39 is 0 Å². The number of hydrogen-bond donors (Lipinski definition) is 1. The van der Waals surface area contributed by atoms with Crippen LogP contribution in [0.3, 0.4) is 0 Å². The lowest BCUT2D eigenvalue weighted by molar-refractivity contribution is 0.0521. The zero-order valence-corrected chi connectivity index (χ0v) is 14.5. The van der Waals surface area contributed by atoms with Gasteiger partial charge in [-0.1, -0.05) is 27.2 Å². The smallest absolute Gasteiger partial charge is 0.0328 e. The maximum atomic E-state index is 3.89. The SMILES string of the molecule is CCC(C)(C)C1CCC(NCC2(N(C)C)CCC2)CC1. The molecule has 0 spiro atoms. The van der Waals surface area contributed by atoms with Gasteiger partial charge < -0.3 is 10.2 Å². The number of likely N-dealkylation sites (N-methyl/N-ethyl adjacent to an activating group) is 1. The van der Waals surface area contributed by atoms with Crippen LogP contribution in [0.5, 0.6) is 0 Å². The Balaban J connectivity index is 1.75. The largest absolute Gasteiger partial charge is 0.312 e. The fourth-order valence-corrected chi connectivity index (χ4v) is 4.07. The summed E-state index contributed by atoms with van der Waals surface area (Å²) in [6.07, 6.45) is 11.1. The average Bonchev–Trinajstić information content (AvgIpc) is 2.37. The number of nitrogens with zero attached hydrogens (tertiary/aromatic N) is 1. The minimum absolute atomic E-state index is 0.472. The first-order valence-corrected chi connectivity index (χ1v) is 8.80. The van der Waals surface area contributed by atoms with Crippen molar-refractivity contribution in [3.8, 4) is 0 Å². The van der Waals surface area contributed by atoms with Crippen LogP contribution < -0.4 is 5.32 Å². The van der Waals surface area contributed by atoms with E-state index in [9.17, 15) is 0 Å². The number of rotatable bonds is 6. The van der Waals surface area contributed by atoms with Gasteiger partial charge in [-0.2, -0.15) is 0 Å². The van der Waals surface area contributed by atoms with Crippen molar-refractivity contribution in [1.82, 2.24) is 10.2 Å². The van der Waals surface area contributed by atoms with E-state index in [4.69, 9.17) is 0 Å². The van der Waals surface area contributed by atoms with Crippen LogP contribution >= 0.6 is 0 Å². The summed E-state index contributed by atoms with van der Waals surface area (Å²) in [5.41, 5.74) is 1.02. The minimum atomic E-state index is 0.472. The molecule has 2 saturated carbocycles. The second kappa shape index (κ2) is 6.36. The van der Waals surface area contributed by atoms with E-state index >= 15 is 0 Å². The van der Waals surface area contributed by atoms with Gasteiger partial charge in [0.1, 0.15) is 0 Å². The van der Waals surface area contributed by atoms with Crippen molar-refractivity contribution in [2.45, 2.75) is 83.7 Å². The molecule has 0 saturated heterocycles. The maximum Gasteiger partial charge on any atom is 0.0328 e. The van der Waals surface area contributed by atoms with Crippen molar-refractivity contribution in [2.75, 3.05) is 20.6 Å². The first kappa shape index (κ1) is 16.3. The summed E-state index contributed by atoms with van der Waals surface area (Å²) in [7, 11) is 4.50. The predicted octanol–water partition coefficient (Wildman–Crippen LogP) is 4.06. The van der Waals surface area contributed by atoms with Gasteiger partial charge in [-0.05, 0) is 70.4 Å². The summed E-state index contributed by atoms with van der Waals surface area (Å²) < 4.78 is 0. The molecule has 0 bridgehead atoms. The van der Waals surface area contributed by atoms with E-state index in [1.165, 1.54) is 57.9 Å². The molecule has 2 aliphatic rings. The third-order valence-electron chi connectivity index (χ3n) is 6.70. The molecule has 1 N–H and O–H groups in total. The Hall–Kier alpha value is -0.0800. The molecule has 0 aliphatic heterocycles. The monoisotopic (exact) mass is 280 g/mol. The standard InChI is InChI=1S/C18H36N2/c1-6-17(2,3)15-8-10-16(11-9-15)19-14-18(20(4)5)12-7-13-18/h15-16,19H,6-14H2,1-5H3. The molecule has 0 atom stereocenters.